The van der Waals surface area contributed by atoms with Gasteiger partial charge in [0.2, 0.25) is 5.95 Å². The Balaban J connectivity index is 1.57. The fourth-order valence-corrected chi connectivity index (χ4v) is 4.80. The SMILES string of the molecule is CN1N=CC2(CCCCC2)n2c1cc1cnc(Nc3ccc(S(N)=O)cc3F)nc12. The molecule has 1 unspecified atom stereocenters. The van der Waals surface area contributed by atoms with E-state index in [1.54, 1.807) is 6.20 Å². The Morgan fingerprint density at radius 2 is 2.03 bits per heavy atom. The molecule has 3 N–H and O–H groups in total. The summed E-state index contributed by atoms with van der Waals surface area (Å²) in [4.78, 5) is 9.30. The van der Waals surface area contributed by atoms with E-state index >= 15 is 0 Å². The number of nitrogens with one attached hydrogen (secondary N) is 1. The first-order valence-corrected chi connectivity index (χ1v) is 11.1. The third kappa shape index (κ3) is 3.07. The van der Waals surface area contributed by atoms with Crippen LogP contribution in [0.3, 0.4) is 0 Å². The van der Waals surface area contributed by atoms with E-state index in [2.05, 4.69) is 20.0 Å². The molecule has 2 aromatic heterocycles. The number of hydrogen-bond acceptors (Lipinski definition) is 6. The van der Waals surface area contributed by atoms with Crippen molar-refractivity contribution >= 4 is 45.7 Å². The summed E-state index contributed by atoms with van der Waals surface area (Å²) in [5.74, 6) is 0.699. The van der Waals surface area contributed by atoms with Crippen LogP contribution in [0.4, 0.5) is 21.8 Å². The van der Waals surface area contributed by atoms with Crippen LogP contribution in [0.2, 0.25) is 0 Å². The molecule has 1 saturated carbocycles. The zero-order valence-electron chi connectivity index (χ0n) is 16.5. The Labute approximate surface area is 175 Å². The molecule has 156 valence electrons. The van der Waals surface area contributed by atoms with Crippen LogP contribution < -0.4 is 15.5 Å². The zero-order valence-corrected chi connectivity index (χ0v) is 17.3. The molecule has 2 aliphatic rings. The van der Waals surface area contributed by atoms with Crippen molar-refractivity contribution in [2.24, 2.45) is 10.2 Å². The molecule has 8 nitrogen and oxygen atoms in total. The van der Waals surface area contributed by atoms with Gasteiger partial charge in [0.15, 0.2) is 0 Å². The predicted octanol–water partition coefficient (Wildman–Crippen LogP) is 3.39. The summed E-state index contributed by atoms with van der Waals surface area (Å²) in [6.07, 6.45) is 9.32. The van der Waals surface area contributed by atoms with Crippen LogP contribution in [-0.4, -0.2) is 32.0 Å². The van der Waals surface area contributed by atoms with E-state index in [0.717, 1.165) is 48.6 Å². The summed E-state index contributed by atoms with van der Waals surface area (Å²) in [5.41, 5.74) is 0.800. The number of hydrogen-bond donors (Lipinski definition) is 2. The van der Waals surface area contributed by atoms with Gasteiger partial charge in [-0.05, 0) is 37.1 Å². The van der Waals surface area contributed by atoms with Gasteiger partial charge in [-0.1, -0.05) is 19.3 Å². The smallest absolute Gasteiger partial charge is 0.229 e. The minimum Gasteiger partial charge on any atom is -0.322 e. The molecule has 1 aromatic carbocycles. The van der Waals surface area contributed by atoms with Gasteiger partial charge in [0.05, 0.1) is 22.3 Å². The van der Waals surface area contributed by atoms with Gasteiger partial charge < -0.3 is 5.32 Å². The number of halogens is 1. The lowest BCUT2D eigenvalue weighted by Crippen LogP contribution is -2.42. The molecule has 1 spiro atoms. The van der Waals surface area contributed by atoms with Gasteiger partial charge >= 0.3 is 0 Å². The number of aromatic nitrogens is 3. The van der Waals surface area contributed by atoms with E-state index in [-0.39, 0.29) is 16.1 Å². The van der Waals surface area contributed by atoms with Gasteiger partial charge in [0.1, 0.15) is 28.3 Å². The first-order chi connectivity index (χ1) is 14.5. The number of nitrogens with two attached hydrogens (primary N) is 1. The maximum Gasteiger partial charge on any atom is 0.229 e. The van der Waals surface area contributed by atoms with E-state index < -0.39 is 16.8 Å². The maximum absolute atomic E-state index is 14.4. The highest BCUT2D eigenvalue weighted by Crippen LogP contribution is 2.42. The molecule has 0 amide bonds. The summed E-state index contributed by atoms with van der Waals surface area (Å²) >= 11 is 0. The molecule has 5 rings (SSSR count). The molecule has 10 heteroatoms. The van der Waals surface area contributed by atoms with E-state index in [0.29, 0.717) is 5.95 Å². The van der Waals surface area contributed by atoms with E-state index in [1.165, 1.54) is 18.6 Å². The second-order valence-electron chi connectivity index (χ2n) is 7.81. The summed E-state index contributed by atoms with van der Waals surface area (Å²) in [5, 5.41) is 15.6. The normalized spacial score (nSPS) is 18.6. The molecule has 0 saturated heterocycles. The topological polar surface area (TPSA) is 101 Å². The van der Waals surface area contributed by atoms with Crippen molar-refractivity contribution in [3.05, 3.63) is 36.3 Å². The first kappa shape index (κ1) is 19.1. The van der Waals surface area contributed by atoms with Gasteiger partial charge in [0.25, 0.3) is 0 Å². The van der Waals surface area contributed by atoms with Gasteiger partial charge in [-0.25, -0.2) is 18.7 Å². The van der Waals surface area contributed by atoms with Crippen molar-refractivity contribution in [3.8, 4) is 0 Å². The highest BCUT2D eigenvalue weighted by molar-refractivity contribution is 7.82. The Kier molecular flexibility index (Phi) is 4.55. The number of fused-ring (bicyclic) bond motifs is 4. The highest BCUT2D eigenvalue weighted by atomic mass is 32.2. The molecule has 3 aromatic rings. The summed E-state index contributed by atoms with van der Waals surface area (Å²) in [6.45, 7) is 0. The fourth-order valence-electron chi connectivity index (χ4n) is 4.38. The van der Waals surface area contributed by atoms with Gasteiger partial charge in [-0.2, -0.15) is 10.1 Å². The monoisotopic (exact) mass is 427 g/mol. The lowest BCUT2D eigenvalue weighted by Gasteiger charge is -2.40. The van der Waals surface area contributed by atoms with Crippen LogP contribution >= 0.6 is 0 Å². The van der Waals surface area contributed by atoms with Crippen molar-refractivity contribution in [2.75, 3.05) is 17.4 Å². The number of benzene rings is 1. The molecular formula is C20H22FN7OS. The van der Waals surface area contributed by atoms with Crippen molar-refractivity contribution in [2.45, 2.75) is 42.5 Å². The van der Waals surface area contributed by atoms with E-state index in [4.69, 9.17) is 10.1 Å². The van der Waals surface area contributed by atoms with Gasteiger partial charge in [-0.15, -0.1) is 0 Å². The lowest BCUT2D eigenvalue weighted by atomic mass is 9.82. The van der Waals surface area contributed by atoms with Crippen LogP contribution in [0.1, 0.15) is 32.1 Å². The summed E-state index contributed by atoms with van der Waals surface area (Å²) in [7, 11) is 0.180. The van der Waals surface area contributed by atoms with Crippen LogP contribution in [0.25, 0.3) is 11.0 Å². The summed E-state index contributed by atoms with van der Waals surface area (Å²) < 4.78 is 28.0. The molecule has 1 fully saturated rings. The van der Waals surface area contributed by atoms with Crippen molar-refractivity contribution in [1.29, 1.82) is 0 Å². The van der Waals surface area contributed by atoms with Crippen LogP contribution in [0.5, 0.6) is 0 Å². The Bertz CT molecular complexity index is 1190. The second kappa shape index (κ2) is 7.13. The van der Waals surface area contributed by atoms with Gasteiger partial charge in [0, 0.05) is 18.6 Å². The van der Waals surface area contributed by atoms with E-state index in [9.17, 15) is 8.60 Å². The fraction of sp³-hybridized carbons (Fsp3) is 0.350. The number of rotatable bonds is 3. The lowest BCUT2D eigenvalue weighted by molar-refractivity contribution is 0.290. The van der Waals surface area contributed by atoms with Crippen molar-refractivity contribution in [1.82, 2.24) is 14.5 Å². The predicted molar refractivity (Wildman–Crippen MR) is 116 cm³/mol. The number of nitrogens with zero attached hydrogens (tertiary/aromatic N) is 5. The Hall–Kier alpha value is -2.85. The molecule has 1 atom stereocenters. The molecule has 0 bridgehead atoms. The number of anilines is 3. The van der Waals surface area contributed by atoms with Crippen molar-refractivity contribution in [3.63, 3.8) is 0 Å². The molecule has 1 aliphatic heterocycles. The summed E-state index contributed by atoms with van der Waals surface area (Å²) in [6, 6.07) is 6.19. The molecular weight excluding hydrogens is 405 g/mol. The van der Waals surface area contributed by atoms with Gasteiger partial charge in [-0.3, -0.25) is 9.58 Å². The van der Waals surface area contributed by atoms with Crippen LogP contribution in [0, 0.1) is 5.82 Å². The third-order valence-electron chi connectivity index (χ3n) is 5.91. The van der Waals surface area contributed by atoms with Crippen molar-refractivity contribution < 1.29 is 8.60 Å². The average Bonchev–Trinajstić information content (AvgIpc) is 3.14. The maximum atomic E-state index is 14.4. The van der Waals surface area contributed by atoms with E-state index in [1.807, 2.05) is 24.3 Å². The Morgan fingerprint density at radius 1 is 1.23 bits per heavy atom. The zero-order chi connectivity index (χ0) is 20.9. The second-order valence-corrected chi connectivity index (χ2v) is 8.87. The standard InChI is InChI=1S/C20H22FN7OS/c1-27-17-9-13-11-23-19(25-16-6-5-14(30(22)29)10-15(16)21)26-18(13)28(17)20(12-24-27)7-3-2-4-8-20/h5-6,9-12H,2-4,7-8,22H2,1H3,(H,23,25,26). The van der Waals surface area contributed by atoms with Crippen LogP contribution in [-0.2, 0) is 16.5 Å². The molecule has 0 radical (unpaired) electrons. The molecule has 30 heavy (non-hydrogen) atoms. The third-order valence-corrected chi connectivity index (χ3v) is 6.63. The minimum absolute atomic E-state index is 0.189. The van der Waals surface area contributed by atoms with Crippen LogP contribution in [0.15, 0.2) is 40.5 Å². The number of hydrazone groups is 1. The largest absolute Gasteiger partial charge is 0.322 e. The Morgan fingerprint density at radius 3 is 2.77 bits per heavy atom. The minimum atomic E-state index is -1.74. The quantitative estimate of drug-likeness (QED) is 0.667. The first-order valence-electron chi connectivity index (χ1n) is 9.87. The molecule has 3 heterocycles. The molecule has 1 aliphatic carbocycles. The highest BCUT2D eigenvalue weighted by Gasteiger charge is 2.38. The average molecular weight is 428 g/mol.